The lowest BCUT2D eigenvalue weighted by atomic mass is 10.1. The van der Waals surface area contributed by atoms with E-state index in [4.69, 9.17) is 0 Å². The van der Waals surface area contributed by atoms with E-state index in [0.29, 0.717) is 12.8 Å². The largest absolute Gasteiger partial charge is 0.508 e. The van der Waals surface area contributed by atoms with Crippen LogP contribution in [0.1, 0.15) is 10.4 Å². The SMILES string of the molecule is O=C(Cc1cccs1)N[C@H](CO)Cc1ccc(O)cc1. The van der Waals surface area contributed by atoms with Crippen LogP contribution in [0.5, 0.6) is 5.75 Å². The molecule has 1 amide bonds. The van der Waals surface area contributed by atoms with Crippen LogP contribution in [0.2, 0.25) is 0 Å². The summed E-state index contributed by atoms with van der Waals surface area (Å²) in [6, 6.07) is 10.3. The van der Waals surface area contributed by atoms with E-state index >= 15 is 0 Å². The third-order valence-electron chi connectivity index (χ3n) is 2.92. The fourth-order valence-electron chi connectivity index (χ4n) is 1.93. The standard InChI is InChI=1S/C15H17NO3S/c17-10-12(8-11-3-5-13(18)6-4-11)16-15(19)9-14-2-1-7-20-14/h1-7,12,17-18H,8-10H2,(H,16,19)/t12-/m0/s1. The molecule has 106 valence electrons. The zero-order chi connectivity index (χ0) is 14.4. The molecule has 2 aromatic rings. The molecule has 0 bridgehead atoms. The Labute approximate surface area is 121 Å². The van der Waals surface area contributed by atoms with Crippen LogP contribution < -0.4 is 5.32 Å². The predicted octanol–water partition coefficient (Wildman–Crippen LogP) is 1.72. The number of hydrogen-bond donors (Lipinski definition) is 3. The number of aliphatic hydroxyl groups is 1. The third-order valence-corrected chi connectivity index (χ3v) is 3.80. The number of rotatable bonds is 6. The normalized spacial score (nSPS) is 12.1. The smallest absolute Gasteiger partial charge is 0.225 e. The predicted molar refractivity (Wildman–Crippen MR) is 78.9 cm³/mol. The molecule has 0 radical (unpaired) electrons. The van der Waals surface area contributed by atoms with Gasteiger partial charge in [0.1, 0.15) is 5.75 Å². The Morgan fingerprint density at radius 1 is 1.25 bits per heavy atom. The van der Waals surface area contributed by atoms with Gasteiger partial charge in [-0.15, -0.1) is 11.3 Å². The van der Waals surface area contributed by atoms with Gasteiger partial charge in [0.05, 0.1) is 19.1 Å². The third kappa shape index (κ3) is 4.36. The lowest BCUT2D eigenvalue weighted by Gasteiger charge is -2.16. The molecular formula is C15H17NO3S. The van der Waals surface area contributed by atoms with E-state index in [-0.39, 0.29) is 24.3 Å². The van der Waals surface area contributed by atoms with Crippen molar-refractivity contribution in [2.75, 3.05) is 6.61 Å². The van der Waals surface area contributed by atoms with Crippen molar-refractivity contribution in [3.63, 3.8) is 0 Å². The maximum atomic E-state index is 11.9. The molecule has 1 aromatic carbocycles. The van der Waals surface area contributed by atoms with Crippen LogP contribution in [-0.4, -0.2) is 28.8 Å². The van der Waals surface area contributed by atoms with E-state index in [2.05, 4.69) is 5.32 Å². The topological polar surface area (TPSA) is 69.6 Å². The first kappa shape index (κ1) is 14.6. The second-order valence-corrected chi connectivity index (χ2v) is 5.61. The Kier molecular flexibility index (Phi) is 5.15. The lowest BCUT2D eigenvalue weighted by Crippen LogP contribution is -2.39. The molecule has 0 aliphatic carbocycles. The number of carbonyl (C=O) groups excluding carboxylic acids is 1. The minimum Gasteiger partial charge on any atom is -0.508 e. The van der Waals surface area contributed by atoms with Crippen LogP contribution in [0.15, 0.2) is 41.8 Å². The van der Waals surface area contributed by atoms with Crippen LogP contribution in [0.25, 0.3) is 0 Å². The summed E-state index contributed by atoms with van der Waals surface area (Å²) in [5, 5.41) is 23.3. The van der Waals surface area contributed by atoms with E-state index in [1.54, 1.807) is 35.6 Å². The molecule has 0 spiro atoms. The number of aromatic hydroxyl groups is 1. The number of nitrogens with one attached hydrogen (secondary N) is 1. The van der Waals surface area contributed by atoms with Crippen molar-refractivity contribution in [3.8, 4) is 5.75 Å². The molecule has 0 saturated heterocycles. The highest BCUT2D eigenvalue weighted by atomic mass is 32.1. The molecule has 1 aromatic heterocycles. The molecule has 0 aliphatic heterocycles. The fraction of sp³-hybridized carbons (Fsp3) is 0.267. The van der Waals surface area contributed by atoms with Crippen LogP contribution in [0.4, 0.5) is 0 Å². The van der Waals surface area contributed by atoms with E-state index in [1.165, 1.54) is 0 Å². The zero-order valence-electron chi connectivity index (χ0n) is 11.0. The van der Waals surface area contributed by atoms with Crippen LogP contribution in [0, 0.1) is 0 Å². The average Bonchev–Trinajstić information content (AvgIpc) is 2.93. The zero-order valence-corrected chi connectivity index (χ0v) is 11.8. The summed E-state index contributed by atoms with van der Waals surface area (Å²) in [5.74, 6) is 0.112. The van der Waals surface area contributed by atoms with Crippen molar-refractivity contribution in [2.24, 2.45) is 0 Å². The molecule has 5 heteroatoms. The average molecular weight is 291 g/mol. The Morgan fingerprint density at radius 2 is 2.00 bits per heavy atom. The first-order valence-corrected chi connectivity index (χ1v) is 7.26. The van der Waals surface area contributed by atoms with Crippen molar-refractivity contribution in [1.29, 1.82) is 0 Å². The Hall–Kier alpha value is -1.85. The number of aliphatic hydroxyl groups excluding tert-OH is 1. The van der Waals surface area contributed by atoms with Gasteiger partial charge in [-0.25, -0.2) is 0 Å². The molecular weight excluding hydrogens is 274 g/mol. The number of phenols is 1. The molecule has 1 heterocycles. The van der Waals surface area contributed by atoms with Gasteiger partial charge in [0.2, 0.25) is 5.91 Å². The van der Waals surface area contributed by atoms with E-state index in [1.807, 2.05) is 17.5 Å². The Balaban J connectivity index is 1.88. The second kappa shape index (κ2) is 7.07. The number of phenolic OH excluding ortho intramolecular Hbond substituents is 1. The molecule has 0 unspecified atom stereocenters. The monoisotopic (exact) mass is 291 g/mol. The summed E-state index contributed by atoms with van der Waals surface area (Å²) in [7, 11) is 0. The fourth-order valence-corrected chi connectivity index (χ4v) is 2.63. The summed E-state index contributed by atoms with van der Waals surface area (Å²) in [4.78, 5) is 12.9. The number of hydrogen-bond acceptors (Lipinski definition) is 4. The van der Waals surface area contributed by atoms with Gasteiger partial charge in [0.25, 0.3) is 0 Å². The minimum atomic E-state index is -0.313. The highest BCUT2D eigenvalue weighted by Gasteiger charge is 2.13. The van der Waals surface area contributed by atoms with E-state index < -0.39 is 0 Å². The highest BCUT2D eigenvalue weighted by molar-refractivity contribution is 7.10. The summed E-state index contributed by atoms with van der Waals surface area (Å²) < 4.78 is 0. The van der Waals surface area contributed by atoms with Crippen LogP contribution in [0.3, 0.4) is 0 Å². The van der Waals surface area contributed by atoms with Crippen molar-refractivity contribution in [2.45, 2.75) is 18.9 Å². The molecule has 0 saturated carbocycles. The molecule has 4 nitrogen and oxygen atoms in total. The summed E-state index contributed by atoms with van der Waals surface area (Å²) in [5.41, 5.74) is 0.957. The molecule has 20 heavy (non-hydrogen) atoms. The van der Waals surface area contributed by atoms with Gasteiger partial charge in [0.15, 0.2) is 0 Å². The molecule has 0 fully saturated rings. The second-order valence-electron chi connectivity index (χ2n) is 4.57. The molecule has 0 aliphatic rings. The van der Waals surface area contributed by atoms with Crippen molar-refractivity contribution >= 4 is 17.2 Å². The first-order valence-electron chi connectivity index (χ1n) is 6.38. The Morgan fingerprint density at radius 3 is 2.60 bits per heavy atom. The summed E-state index contributed by atoms with van der Waals surface area (Å²) >= 11 is 1.54. The van der Waals surface area contributed by atoms with Gasteiger partial charge in [0, 0.05) is 4.88 Å². The van der Waals surface area contributed by atoms with Gasteiger partial charge in [-0.3, -0.25) is 4.79 Å². The number of benzene rings is 1. The van der Waals surface area contributed by atoms with Crippen molar-refractivity contribution in [1.82, 2.24) is 5.32 Å². The van der Waals surface area contributed by atoms with Gasteiger partial charge in [-0.1, -0.05) is 18.2 Å². The van der Waals surface area contributed by atoms with Gasteiger partial charge in [-0.05, 0) is 35.6 Å². The van der Waals surface area contributed by atoms with Crippen LogP contribution in [-0.2, 0) is 17.6 Å². The maximum Gasteiger partial charge on any atom is 0.225 e. The quantitative estimate of drug-likeness (QED) is 0.759. The van der Waals surface area contributed by atoms with Gasteiger partial charge < -0.3 is 15.5 Å². The molecule has 3 N–H and O–H groups in total. The minimum absolute atomic E-state index is 0.0923. The van der Waals surface area contributed by atoms with Crippen LogP contribution >= 0.6 is 11.3 Å². The Bertz CT molecular complexity index is 537. The highest BCUT2D eigenvalue weighted by Crippen LogP contribution is 2.12. The van der Waals surface area contributed by atoms with E-state index in [9.17, 15) is 15.0 Å². The number of carbonyl (C=O) groups is 1. The number of thiophene rings is 1. The molecule has 2 rings (SSSR count). The molecule has 1 atom stereocenters. The van der Waals surface area contributed by atoms with Crippen molar-refractivity contribution < 1.29 is 15.0 Å². The van der Waals surface area contributed by atoms with Gasteiger partial charge in [-0.2, -0.15) is 0 Å². The summed E-state index contributed by atoms with van der Waals surface area (Å²) in [6.07, 6.45) is 0.872. The van der Waals surface area contributed by atoms with Gasteiger partial charge >= 0.3 is 0 Å². The first-order chi connectivity index (χ1) is 9.67. The van der Waals surface area contributed by atoms with E-state index in [0.717, 1.165) is 10.4 Å². The maximum absolute atomic E-state index is 11.9. The summed E-state index contributed by atoms with van der Waals surface area (Å²) in [6.45, 7) is -0.114. The lowest BCUT2D eigenvalue weighted by molar-refractivity contribution is -0.121. The van der Waals surface area contributed by atoms with Crippen molar-refractivity contribution in [3.05, 3.63) is 52.2 Å². The number of amides is 1.